The summed E-state index contributed by atoms with van der Waals surface area (Å²) in [6.07, 6.45) is -4.98. The molecule has 0 fully saturated rings. The van der Waals surface area contributed by atoms with Gasteiger partial charge in [0, 0.05) is 17.9 Å². The van der Waals surface area contributed by atoms with Gasteiger partial charge in [-0.2, -0.15) is 13.2 Å². The van der Waals surface area contributed by atoms with E-state index in [-0.39, 0.29) is 13.0 Å². The monoisotopic (exact) mass is 343 g/mol. The number of nitrogens with one attached hydrogen (secondary N) is 1. The molecule has 0 saturated carbocycles. The summed E-state index contributed by atoms with van der Waals surface area (Å²) in [4.78, 5) is 25.4. The van der Waals surface area contributed by atoms with Crippen molar-refractivity contribution in [3.8, 4) is 0 Å². The van der Waals surface area contributed by atoms with E-state index in [0.29, 0.717) is 11.4 Å². The molecular weight excluding hydrogens is 323 g/mol. The third-order valence-corrected chi connectivity index (χ3v) is 4.20. The van der Waals surface area contributed by atoms with Gasteiger partial charge in [-0.3, -0.25) is 9.59 Å². The Morgan fingerprint density at radius 3 is 2.58 bits per heavy atom. The van der Waals surface area contributed by atoms with Crippen LogP contribution in [0.5, 0.6) is 0 Å². The van der Waals surface area contributed by atoms with Crippen LogP contribution in [-0.4, -0.2) is 30.6 Å². The molecule has 0 radical (unpaired) electrons. The molecule has 0 spiro atoms. The van der Waals surface area contributed by atoms with Crippen molar-refractivity contribution in [3.05, 3.63) is 23.8 Å². The van der Waals surface area contributed by atoms with E-state index >= 15 is 0 Å². The lowest BCUT2D eigenvalue weighted by atomic mass is 9.79. The largest absolute Gasteiger partial charge is 0.471 e. The summed E-state index contributed by atoms with van der Waals surface area (Å²) in [5, 5.41) is 1.83. The van der Waals surface area contributed by atoms with Crippen LogP contribution in [0.3, 0.4) is 0 Å². The zero-order valence-electron chi connectivity index (χ0n) is 13.7. The van der Waals surface area contributed by atoms with Gasteiger partial charge in [-0.15, -0.1) is 0 Å². The van der Waals surface area contributed by atoms with E-state index in [4.69, 9.17) is 5.73 Å². The number of rotatable bonds is 2. The van der Waals surface area contributed by atoms with E-state index in [0.717, 1.165) is 5.56 Å². The average molecular weight is 343 g/mol. The number of nitrogens with zero attached hydrogens (tertiary/aromatic N) is 1. The van der Waals surface area contributed by atoms with E-state index in [1.807, 2.05) is 19.2 Å². The highest BCUT2D eigenvalue weighted by atomic mass is 19.4. The van der Waals surface area contributed by atoms with E-state index < -0.39 is 29.4 Å². The van der Waals surface area contributed by atoms with Crippen LogP contribution < -0.4 is 16.0 Å². The maximum atomic E-state index is 12.7. The molecule has 3 N–H and O–H groups in total. The van der Waals surface area contributed by atoms with Crippen molar-refractivity contribution in [3.63, 3.8) is 0 Å². The highest BCUT2D eigenvalue weighted by Gasteiger charge is 2.44. The molecule has 5 nitrogen and oxygen atoms in total. The second kappa shape index (κ2) is 5.99. The summed E-state index contributed by atoms with van der Waals surface area (Å²) in [6, 6.07) is 3.83. The zero-order chi connectivity index (χ0) is 18.3. The third kappa shape index (κ3) is 3.32. The van der Waals surface area contributed by atoms with E-state index in [2.05, 4.69) is 0 Å². The van der Waals surface area contributed by atoms with E-state index in [9.17, 15) is 22.8 Å². The van der Waals surface area contributed by atoms with E-state index in [1.54, 1.807) is 25.1 Å². The number of amides is 2. The number of benzene rings is 1. The SMILES string of the molecule is CCN1C(=O)C(NC(=O)C(F)(F)F)CC(C)(C)c2ccc(N)cc21. The van der Waals surface area contributed by atoms with Crippen LogP contribution in [0, 0.1) is 0 Å². The fraction of sp³-hybridized carbons (Fsp3) is 0.500. The molecule has 1 unspecified atom stereocenters. The Balaban J connectivity index is 2.48. The molecule has 1 aliphatic heterocycles. The first kappa shape index (κ1) is 18.1. The van der Waals surface area contributed by atoms with Gasteiger partial charge in [-0.25, -0.2) is 0 Å². The number of hydrogen-bond donors (Lipinski definition) is 2. The Hall–Kier alpha value is -2.25. The van der Waals surface area contributed by atoms with Gasteiger partial charge in [0.25, 0.3) is 0 Å². The molecule has 132 valence electrons. The molecule has 0 aromatic heterocycles. The molecule has 1 aliphatic rings. The van der Waals surface area contributed by atoms with Gasteiger partial charge >= 0.3 is 12.1 Å². The van der Waals surface area contributed by atoms with E-state index in [1.165, 1.54) is 4.90 Å². The molecule has 0 bridgehead atoms. The van der Waals surface area contributed by atoms with Crippen LogP contribution in [0.4, 0.5) is 24.5 Å². The van der Waals surface area contributed by atoms with Crippen LogP contribution in [0.15, 0.2) is 18.2 Å². The van der Waals surface area contributed by atoms with Crippen molar-refractivity contribution in [2.24, 2.45) is 0 Å². The summed E-state index contributed by atoms with van der Waals surface area (Å²) in [7, 11) is 0. The Morgan fingerprint density at radius 1 is 1.42 bits per heavy atom. The molecule has 1 aromatic rings. The second-order valence-corrected chi connectivity index (χ2v) is 6.47. The summed E-state index contributed by atoms with van der Waals surface area (Å²) < 4.78 is 37.7. The summed E-state index contributed by atoms with van der Waals surface area (Å²) in [5.41, 5.74) is 7.00. The van der Waals surface area contributed by atoms with Crippen molar-refractivity contribution in [2.45, 2.75) is 44.8 Å². The zero-order valence-corrected chi connectivity index (χ0v) is 13.7. The lowest BCUT2D eigenvalue weighted by Gasteiger charge is -2.27. The lowest BCUT2D eigenvalue weighted by molar-refractivity contribution is -0.174. The van der Waals surface area contributed by atoms with Gasteiger partial charge in [0.05, 0.1) is 0 Å². The third-order valence-electron chi connectivity index (χ3n) is 4.20. The predicted octanol–water partition coefficient (Wildman–Crippen LogP) is 2.35. The Morgan fingerprint density at radius 2 is 2.04 bits per heavy atom. The molecule has 24 heavy (non-hydrogen) atoms. The van der Waals surface area contributed by atoms with Crippen LogP contribution in [-0.2, 0) is 15.0 Å². The van der Waals surface area contributed by atoms with Crippen molar-refractivity contribution in [1.82, 2.24) is 5.32 Å². The molecule has 8 heteroatoms. The number of halogens is 3. The van der Waals surface area contributed by atoms with Crippen molar-refractivity contribution < 1.29 is 22.8 Å². The number of carbonyl (C=O) groups is 2. The number of hydrogen-bond acceptors (Lipinski definition) is 3. The number of anilines is 2. The average Bonchev–Trinajstić information content (AvgIpc) is 2.52. The van der Waals surface area contributed by atoms with Gasteiger partial charge in [0.1, 0.15) is 6.04 Å². The quantitative estimate of drug-likeness (QED) is 0.810. The molecular formula is C16H20F3N3O2. The first-order chi connectivity index (χ1) is 11.0. The molecule has 2 rings (SSSR count). The number of carbonyl (C=O) groups excluding carboxylic acids is 2. The first-order valence-electron chi connectivity index (χ1n) is 7.56. The minimum Gasteiger partial charge on any atom is -0.399 e. The fourth-order valence-electron chi connectivity index (χ4n) is 3.04. The molecule has 0 aliphatic carbocycles. The van der Waals surface area contributed by atoms with Crippen LogP contribution in [0.1, 0.15) is 32.8 Å². The molecule has 2 amide bonds. The molecule has 1 aromatic carbocycles. The lowest BCUT2D eigenvalue weighted by Crippen LogP contribution is -2.52. The molecule has 0 saturated heterocycles. The van der Waals surface area contributed by atoms with Crippen LogP contribution >= 0.6 is 0 Å². The maximum absolute atomic E-state index is 12.7. The first-order valence-corrected chi connectivity index (χ1v) is 7.56. The van der Waals surface area contributed by atoms with Crippen LogP contribution in [0.2, 0.25) is 0 Å². The fourth-order valence-corrected chi connectivity index (χ4v) is 3.04. The summed E-state index contributed by atoms with van der Waals surface area (Å²) >= 11 is 0. The number of alkyl halides is 3. The maximum Gasteiger partial charge on any atom is 0.471 e. The highest BCUT2D eigenvalue weighted by Crippen LogP contribution is 2.40. The van der Waals surface area contributed by atoms with Gasteiger partial charge < -0.3 is 16.0 Å². The van der Waals surface area contributed by atoms with Crippen molar-refractivity contribution in [1.29, 1.82) is 0 Å². The Bertz CT molecular complexity index is 671. The minimum absolute atomic E-state index is 0.0566. The molecule has 1 heterocycles. The highest BCUT2D eigenvalue weighted by molar-refractivity contribution is 6.01. The van der Waals surface area contributed by atoms with Gasteiger partial charge in [0.15, 0.2) is 0 Å². The Labute approximate surface area is 138 Å². The number of nitrogen functional groups attached to an aromatic ring is 1. The number of likely N-dealkylation sites (N-methyl/N-ethyl adjacent to an activating group) is 1. The minimum atomic E-state index is -5.04. The molecule has 1 atom stereocenters. The standard InChI is InChI=1S/C16H20F3N3O2/c1-4-22-12-7-9(20)5-6-10(12)15(2,3)8-11(13(22)23)21-14(24)16(17,18)19/h5-7,11H,4,8,20H2,1-3H3,(H,21,24). The van der Waals surface area contributed by atoms with Crippen LogP contribution in [0.25, 0.3) is 0 Å². The van der Waals surface area contributed by atoms with Crippen molar-refractivity contribution >= 4 is 23.2 Å². The summed E-state index contributed by atoms with van der Waals surface area (Å²) in [6.45, 7) is 5.61. The van der Waals surface area contributed by atoms with Crippen molar-refractivity contribution in [2.75, 3.05) is 17.2 Å². The number of fused-ring (bicyclic) bond motifs is 1. The van der Waals surface area contributed by atoms with Gasteiger partial charge in [-0.05, 0) is 36.5 Å². The predicted molar refractivity (Wildman–Crippen MR) is 84.5 cm³/mol. The second-order valence-electron chi connectivity index (χ2n) is 6.47. The van der Waals surface area contributed by atoms with Gasteiger partial charge in [-0.1, -0.05) is 19.9 Å². The van der Waals surface area contributed by atoms with Gasteiger partial charge in [0.2, 0.25) is 5.91 Å². The Kier molecular flexibility index (Phi) is 4.52. The summed E-state index contributed by atoms with van der Waals surface area (Å²) in [5.74, 6) is -2.69. The topological polar surface area (TPSA) is 75.4 Å². The number of nitrogens with two attached hydrogens (primary N) is 1. The smallest absolute Gasteiger partial charge is 0.399 e. The normalized spacial score (nSPS) is 20.3.